The highest BCUT2D eigenvalue weighted by atomic mass is 32.2. The van der Waals surface area contributed by atoms with E-state index in [2.05, 4.69) is 24.1 Å². The van der Waals surface area contributed by atoms with E-state index in [4.69, 9.17) is 0 Å². The molecule has 1 amide bonds. The number of aryl methyl sites for hydroxylation is 2. The molecule has 1 N–H and O–H groups in total. The number of benzene rings is 1. The third-order valence-corrected chi connectivity index (χ3v) is 5.84. The quantitative estimate of drug-likeness (QED) is 0.457. The maximum Gasteiger partial charge on any atom is 0.278 e. The minimum atomic E-state index is -0.132. The normalized spacial score (nSPS) is 12.5. The van der Waals surface area contributed by atoms with E-state index in [1.165, 1.54) is 17.3 Å². The molecule has 0 aliphatic carbocycles. The first-order chi connectivity index (χ1) is 14.2. The van der Waals surface area contributed by atoms with Crippen molar-refractivity contribution in [3.63, 3.8) is 0 Å². The highest BCUT2D eigenvalue weighted by Crippen LogP contribution is 2.20. The number of amides is 1. The monoisotopic (exact) mass is 426 g/mol. The molecule has 1 atom stereocenters. The van der Waals surface area contributed by atoms with Crippen LogP contribution >= 0.6 is 11.8 Å². The summed E-state index contributed by atoms with van der Waals surface area (Å²) in [7, 11) is 0. The van der Waals surface area contributed by atoms with Crippen LogP contribution in [0.2, 0.25) is 0 Å². The lowest BCUT2D eigenvalue weighted by atomic mass is 10.1. The van der Waals surface area contributed by atoms with Gasteiger partial charge in [0, 0.05) is 12.2 Å². The van der Waals surface area contributed by atoms with E-state index in [0.717, 1.165) is 11.3 Å². The lowest BCUT2D eigenvalue weighted by Gasteiger charge is -2.17. The van der Waals surface area contributed by atoms with Crippen molar-refractivity contribution >= 4 is 28.7 Å². The third-order valence-electron chi connectivity index (χ3n) is 5.17. The smallest absolute Gasteiger partial charge is 0.278 e. The summed E-state index contributed by atoms with van der Waals surface area (Å²) in [6, 6.07) is 9.89. The van der Waals surface area contributed by atoms with E-state index in [1.54, 1.807) is 9.13 Å². The second-order valence-corrected chi connectivity index (χ2v) is 8.99. The molecule has 1 aromatic carbocycles. The van der Waals surface area contributed by atoms with Crippen molar-refractivity contribution < 1.29 is 4.79 Å². The minimum absolute atomic E-state index is 0.0861. The molecule has 0 unspecified atom stereocenters. The van der Waals surface area contributed by atoms with E-state index >= 15 is 0 Å². The first-order valence-corrected chi connectivity index (χ1v) is 11.4. The Morgan fingerprint density at radius 1 is 1.13 bits per heavy atom. The molecule has 3 rings (SSSR count). The van der Waals surface area contributed by atoms with Crippen LogP contribution in [0, 0.1) is 19.8 Å². The van der Waals surface area contributed by atoms with Crippen LogP contribution in [-0.2, 0) is 17.9 Å². The van der Waals surface area contributed by atoms with Gasteiger partial charge in [0.25, 0.3) is 5.56 Å². The SMILES string of the molecule is CSc1nc2cc(C)n(CC(=O)N[C@H](C)c3ccc(C)cc3)c2c(=O)n1CC(C)C. The number of rotatable bonds is 7. The Balaban J connectivity index is 1.91. The third kappa shape index (κ3) is 4.61. The Labute approximate surface area is 181 Å². The predicted molar refractivity (Wildman–Crippen MR) is 123 cm³/mol. The lowest BCUT2D eigenvalue weighted by Crippen LogP contribution is -2.32. The summed E-state index contributed by atoms with van der Waals surface area (Å²) in [4.78, 5) is 30.8. The molecule has 3 aromatic rings. The van der Waals surface area contributed by atoms with E-state index in [-0.39, 0.29) is 24.1 Å². The zero-order valence-electron chi connectivity index (χ0n) is 18.5. The van der Waals surface area contributed by atoms with Gasteiger partial charge in [-0.2, -0.15) is 0 Å². The first-order valence-electron chi connectivity index (χ1n) is 10.2. The summed E-state index contributed by atoms with van der Waals surface area (Å²) in [5.41, 5.74) is 4.12. The lowest BCUT2D eigenvalue weighted by molar-refractivity contribution is -0.122. The molecule has 2 aromatic heterocycles. The molecule has 0 fully saturated rings. The van der Waals surface area contributed by atoms with Crippen LogP contribution in [-0.4, -0.2) is 26.3 Å². The second-order valence-electron chi connectivity index (χ2n) is 8.21. The molecule has 0 bridgehead atoms. The van der Waals surface area contributed by atoms with E-state index in [9.17, 15) is 9.59 Å². The average molecular weight is 427 g/mol. The summed E-state index contributed by atoms with van der Waals surface area (Å²) >= 11 is 1.47. The minimum Gasteiger partial charge on any atom is -0.348 e. The Kier molecular flexibility index (Phi) is 6.71. The Morgan fingerprint density at radius 2 is 1.80 bits per heavy atom. The van der Waals surface area contributed by atoms with Gasteiger partial charge in [-0.1, -0.05) is 55.4 Å². The molecule has 2 heterocycles. The maximum atomic E-state index is 13.3. The van der Waals surface area contributed by atoms with Crippen LogP contribution in [0.3, 0.4) is 0 Å². The number of thioether (sulfide) groups is 1. The number of aromatic nitrogens is 3. The molecule has 7 heteroatoms. The molecule has 30 heavy (non-hydrogen) atoms. The zero-order valence-corrected chi connectivity index (χ0v) is 19.3. The molecule has 0 aliphatic heterocycles. The first kappa shape index (κ1) is 22.2. The number of nitrogens with zero attached hydrogens (tertiary/aromatic N) is 3. The van der Waals surface area contributed by atoms with Gasteiger partial charge < -0.3 is 9.88 Å². The summed E-state index contributed by atoms with van der Waals surface area (Å²) in [6.45, 7) is 10.7. The molecule has 6 nitrogen and oxygen atoms in total. The molecular weight excluding hydrogens is 396 g/mol. The van der Waals surface area contributed by atoms with Crippen molar-refractivity contribution in [1.29, 1.82) is 0 Å². The molecule has 0 aliphatic rings. The van der Waals surface area contributed by atoms with Crippen LogP contribution in [0.15, 0.2) is 40.3 Å². The Morgan fingerprint density at radius 3 is 2.40 bits per heavy atom. The average Bonchev–Trinajstić information content (AvgIpc) is 2.99. The largest absolute Gasteiger partial charge is 0.348 e. The summed E-state index contributed by atoms with van der Waals surface area (Å²) in [5.74, 6) is 0.184. The van der Waals surface area contributed by atoms with Crippen LogP contribution in [0.5, 0.6) is 0 Å². The van der Waals surface area contributed by atoms with Crippen molar-refractivity contribution in [3.05, 3.63) is 57.5 Å². The van der Waals surface area contributed by atoms with Gasteiger partial charge in [-0.3, -0.25) is 14.2 Å². The fourth-order valence-electron chi connectivity index (χ4n) is 3.60. The fourth-order valence-corrected chi connectivity index (χ4v) is 4.17. The van der Waals surface area contributed by atoms with E-state index in [0.29, 0.717) is 28.7 Å². The zero-order chi connectivity index (χ0) is 22.0. The van der Waals surface area contributed by atoms with Crippen molar-refractivity contribution in [2.75, 3.05) is 6.26 Å². The summed E-state index contributed by atoms with van der Waals surface area (Å²) in [6.07, 6.45) is 1.92. The molecule has 0 saturated carbocycles. The van der Waals surface area contributed by atoms with Gasteiger partial charge in [-0.15, -0.1) is 0 Å². The Hall–Kier alpha value is -2.54. The van der Waals surface area contributed by atoms with Crippen molar-refractivity contribution in [1.82, 2.24) is 19.4 Å². The number of carbonyl (C=O) groups is 1. The maximum absolute atomic E-state index is 13.3. The fraction of sp³-hybridized carbons (Fsp3) is 0.435. The van der Waals surface area contributed by atoms with Gasteiger partial charge in [-0.25, -0.2) is 4.98 Å². The van der Waals surface area contributed by atoms with Crippen molar-refractivity contribution in [2.24, 2.45) is 5.92 Å². The standard InChI is InChI=1S/C23H30N4O2S/c1-14(2)12-27-22(29)21-19(25-23(27)30-6)11-16(4)26(21)13-20(28)24-17(5)18-9-7-15(3)8-10-18/h7-11,14,17H,12-13H2,1-6H3,(H,24,28)/t17-/m1/s1. The molecule has 160 valence electrons. The number of hydrogen-bond acceptors (Lipinski definition) is 4. The number of hydrogen-bond donors (Lipinski definition) is 1. The number of carbonyl (C=O) groups excluding carboxylic acids is 1. The van der Waals surface area contributed by atoms with Gasteiger partial charge in [0.15, 0.2) is 5.16 Å². The highest BCUT2D eigenvalue weighted by Gasteiger charge is 2.19. The van der Waals surface area contributed by atoms with Crippen molar-refractivity contribution in [2.45, 2.75) is 58.9 Å². The number of fused-ring (bicyclic) bond motifs is 1. The molecule has 0 spiro atoms. The highest BCUT2D eigenvalue weighted by molar-refractivity contribution is 7.98. The topological polar surface area (TPSA) is 68.9 Å². The van der Waals surface area contributed by atoms with Crippen LogP contribution in [0.1, 0.15) is 43.6 Å². The van der Waals surface area contributed by atoms with E-state index < -0.39 is 0 Å². The van der Waals surface area contributed by atoms with Crippen LogP contribution in [0.25, 0.3) is 11.0 Å². The second kappa shape index (κ2) is 9.08. The van der Waals surface area contributed by atoms with Gasteiger partial charge >= 0.3 is 0 Å². The van der Waals surface area contributed by atoms with Gasteiger partial charge in [0.1, 0.15) is 12.1 Å². The van der Waals surface area contributed by atoms with Gasteiger partial charge in [0.2, 0.25) is 5.91 Å². The predicted octanol–water partition coefficient (Wildman–Crippen LogP) is 4.07. The molecule has 0 radical (unpaired) electrons. The summed E-state index contributed by atoms with van der Waals surface area (Å²) < 4.78 is 3.50. The summed E-state index contributed by atoms with van der Waals surface area (Å²) in [5, 5.41) is 3.75. The molecular formula is C23H30N4O2S. The van der Waals surface area contributed by atoms with Gasteiger partial charge in [0.05, 0.1) is 11.6 Å². The van der Waals surface area contributed by atoms with E-state index in [1.807, 2.05) is 57.4 Å². The Bertz CT molecular complexity index is 1110. The van der Waals surface area contributed by atoms with Gasteiger partial charge in [-0.05, 0) is 44.6 Å². The van der Waals surface area contributed by atoms with Crippen molar-refractivity contribution in [3.8, 4) is 0 Å². The van der Waals surface area contributed by atoms with Crippen LogP contribution in [0.4, 0.5) is 0 Å². The van der Waals surface area contributed by atoms with Crippen LogP contribution < -0.4 is 10.9 Å². The molecule has 0 saturated heterocycles. The number of nitrogens with one attached hydrogen (secondary N) is 1.